The lowest BCUT2D eigenvalue weighted by atomic mass is 9.53. The van der Waals surface area contributed by atoms with Gasteiger partial charge in [0, 0.05) is 34.2 Å². The molecule has 0 spiro atoms. The van der Waals surface area contributed by atoms with E-state index in [9.17, 15) is 9.90 Å². The number of rotatable bonds is 10. The molecule has 6 nitrogen and oxygen atoms in total. The Morgan fingerprint density at radius 3 is 2.16 bits per heavy atom. The maximum atomic E-state index is 13.2. The van der Waals surface area contributed by atoms with E-state index in [4.69, 9.17) is 9.47 Å². The molecule has 260 valence electrons. The maximum Gasteiger partial charge on any atom is 0.315 e. The van der Waals surface area contributed by atoms with Crippen molar-refractivity contribution in [2.24, 2.45) is 23.7 Å². The van der Waals surface area contributed by atoms with E-state index in [0.29, 0.717) is 6.54 Å². The molecule has 0 aromatic heterocycles. The third-order valence-corrected chi connectivity index (χ3v) is 12.7. The van der Waals surface area contributed by atoms with Gasteiger partial charge in [0.15, 0.2) is 6.29 Å². The molecule has 7 heteroatoms. The summed E-state index contributed by atoms with van der Waals surface area (Å²) in [5, 5.41) is 16.2. The molecule has 9 rings (SSSR count). The molecule has 5 fully saturated rings. The number of hydrogen-bond donors (Lipinski definition) is 3. The Morgan fingerprint density at radius 2 is 1.46 bits per heavy atom. The molecule has 2 amide bonds. The minimum Gasteiger partial charge on any atom is -0.392 e. The van der Waals surface area contributed by atoms with Crippen LogP contribution < -0.4 is 10.6 Å². The van der Waals surface area contributed by atoms with Crippen LogP contribution in [-0.2, 0) is 22.6 Å². The first-order valence-electron chi connectivity index (χ1n) is 18.4. The zero-order valence-electron chi connectivity index (χ0n) is 28.8. The van der Waals surface area contributed by atoms with Crippen LogP contribution in [0.1, 0.15) is 80.1 Å². The topological polar surface area (TPSA) is 79.8 Å². The standard InChI is InChI=1S/C43H48N2O4S/c1-28-39(27-50-38-11-3-2-4-12-38)48-41(49-40(28)34-15-13-29(26-46)14-16-34)37-10-6-9-36(21-37)35-8-5-7-30(20-35)25-44-42(47)45-43-22-31-17-32(23-43)19-33(18-31)24-43/h2-16,20-21,28,31-33,39-41,46H,17-19,22-27H2,1H3,(H2,44,45,47). The van der Waals surface area contributed by atoms with Crippen LogP contribution in [0.5, 0.6) is 0 Å². The van der Waals surface area contributed by atoms with E-state index < -0.39 is 6.29 Å². The predicted molar refractivity (Wildman–Crippen MR) is 198 cm³/mol. The SMILES string of the molecule is CC1C(CSc2ccccc2)OC(c2cccc(-c3cccc(CNC(=O)NC45CC6CC(CC(C6)C4)C5)c3)c2)OC1c1ccc(CO)cc1. The van der Waals surface area contributed by atoms with Crippen molar-refractivity contribution in [2.75, 3.05) is 5.75 Å². The number of carbonyl (C=O) groups is 1. The van der Waals surface area contributed by atoms with Crippen molar-refractivity contribution in [1.29, 1.82) is 0 Å². The quantitative estimate of drug-likeness (QED) is 0.145. The molecule has 1 saturated heterocycles. The monoisotopic (exact) mass is 688 g/mol. The smallest absolute Gasteiger partial charge is 0.315 e. The molecule has 50 heavy (non-hydrogen) atoms. The van der Waals surface area contributed by atoms with Gasteiger partial charge in [-0.2, -0.15) is 0 Å². The number of amides is 2. The van der Waals surface area contributed by atoms with Gasteiger partial charge in [-0.05, 0) is 108 Å². The minimum absolute atomic E-state index is 0.00328. The van der Waals surface area contributed by atoms with Crippen molar-refractivity contribution in [3.8, 4) is 11.1 Å². The fraction of sp³-hybridized carbons (Fsp3) is 0.419. The third kappa shape index (κ3) is 7.38. The van der Waals surface area contributed by atoms with E-state index >= 15 is 0 Å². The summed E-state index contributed by atoms with van der Waals surface area (Å²) >= 11 is 1.81. The van der Waals surface area contributed by atoms with Crippen molar-refractivity contribution in [2.45, 2.75) is 87.5 Å². The van der Waals surface area contributed by atoms with Crippen molar-refractivity contribution in [1.82, 2.24) is 10.6 Å². The number of nitrogens with one attached hydrogen (secondary N) is 2. The molecule has 4 aliphatic carbocycles. The molecule has 0 radical (unpaired) electrons. The molecular formula is C43H48N2O4S. The maximum absolute atomic E-state index is 13.2. The highest BCUT2D eigenvalue weighted by Gasteiger charge is 2.51. The molecule has 1 aliphatic heterocycles. The lowest BCUT2D eigenvalue weighted by Gasteiger charge is -2.56. The number of carbonyl (C=O) groups excluding carboxylic acids is 1. The molecule has 4 bridgehead atoms. The zero-order valence-corrected chi connectivity index (χ0v) is 29.6. The van der Waals surface area contributed by atoms with Crippen molar-refractivity contribution in [3.63, 3.8) is 0 Å². The summed E-state index contributed by atoms with van der Waals surface area (Å²) in [5.74, 6) is 3.32. The van der Waals surface area contributed by atoms with E-state index in [1.54, 1.807) is 11.8 Å². The van der Waals surface area contributed by atoms with Gasteiger partial charge in [0.25, 0.3) is 0 Å². The molecular weight excluding hydrogens is 641 g/mol. The second-order valence-corrected chi connectivity index (χ2v) is 16.4. The van der Waals surface area contributed by atoms with Gasteiger partial charge in [0.2, 0.25) is 0 Å². The van der Waals surface area contributed by atoms with E-state index in [1.807, 2.05) is 18.2 Å². The molecule has 4 unspecified atom stereocenters. The Morgan fingerprint density at radius 1 is 0.780 bits per heavy atom. The molecule has 5 aliphatic rings. The molecule has 4 aromatic carbocycles. The summed E-state index contributed by atoms with van der Waals surface area (Å²) < 4.78 is 13.5. The summed E-state index contributed by atoms with van der Waals surface area (Å²) in [6.07, 6.45) is 6.80. The zero-order chi connectivity index (χ0) is 34.1. The van der Waals surface area contributed by atoms with Gasteiger partial charge < -0.3 is 25.2 Å². The second kappa shape index (κ2) is 14.5. The molecule has 4 atom stereocenters. The Kier molecular flexibility index (Phi) is 9.75. The van der Waals surface area contributed by atoms with Gasteiger partial charge in [0.1, 0.15) is 0 Å². The Balaban J connectivity index is 0.966. The number of ether oxygens (including phenoxy) is 2. The largest absolute Gasteiger partial charge is 0.392 e. The first-order chi connectivity index (χ1) is 24.4. The van der Waals surface area contributed by atoms with E-state index in [1.165, 1.54) is 24.2 Å². The highest BCUT2D eigenvalue weighted by atomic mass is 32.2. The second-order valence-electron chi connectivity index (χ2n) is 15.3. The van der Waals surface area contributed by atoms with Gasteiger partial charge >= 0.3 is 6.03 Å². The lowest BCUT2D eigenvalue weighted by molar-refractivity contribution is -0.268. The number of benzene rings is 4. The van der Waals surface area contributed by atoms with Crippen LogP contribution in [-0.4, -0.2) is 28.5 Å². The van der Waals surface area contributed by atoms with Crippen LogP contribution in [0.15, 0.2) is 108 Å². The molecule has 1 heterocycles. The predicted octanol–water partition coefficient (Wildman–Crippen LogP) is 9.20. The minimum atomic E-state index is -0.534. The van der Waals surface area contributed by atoms with Crippen LogP contribution in [0.2, 0.25) is 0 Å². The molecule has 4 saturated carbocycles. The van der Waals surface area contributed by atoms with Gasteiger partial charge in [-0.3, -0.25) is 0 Å². The summed E-state index contributed by atoms with van der Waals surface area (Å²) in [4.78, 5) is 14.4. The van der Waals surface area contributed by atoms with Crippen LogP contribution in [0.25, 0.3) is 11.1 Å². The Bertz CT molecular complexity index is 1740. The van der Waals surface area contributed by atoms with Crippen LogP contribution in [0.3, 0.4) is 0 Å². The normalized spacial score (nSPS) is 29.8. The van der Waals surface area contributed by atoms with E-state index in [2.05, 4.69) is 102 Å². The van der Waals surface area contributed by atoms with Crippen molar-refractivity contribution >= 4 is 17.8 Å². The molecule has 4 aromatic rings. The fourth-order valence-electron chi connectivity index (χ4n) is 9.46. The highest BCUT2D eigenvalue weighted by molar-refractivity contribution is 7.99. The van der Waals surface area contributed by atoms with Crippen LogP contribution >= 0.6 is 11.8 Å². The number of aliphatic hydroxyl groups excluding tert-OH is 1. The molecule has 3 N–H and O–H groups in total. The van der Waals surface area contributed by atoms with Crippen molar-refractivity contribution < 1.29 is 19.4 Å². The van der Waals surface area contributed by atoms with E-state index in [-0.39, 0.29) is 36.3 Å². The first kappa shape index (κ1) is 33.5. The number of urea groups is 1. The summed E-state index contributed by atoms with van der Waals surface area (Å²) in [7, 11) is 0. The fourth-order valence-corrected chi connectivity index (χ4v) is 10.6. The van der Waals surface area contributed by atoms with Gasteiger partial charge in [0.05, 0.1) is 18.8 Å². The van der Waals surface area contributed by atoms with Gasteiger partial charge in [-0.25, -0.2) is 4.79 Å². The Labute approximate surface area is 300 Å². The number of thioether (sulfide) groups is 1. The van der Waals surface area contributed by atoms with E-state index in [0.717, 1.165) is 76.1 Å². The summed E-state index contributed by atoms with van der Waals surface area (Å²) in [6, 6.07) is 35.4. The third-order valence-electron chi connectivity index (χ3n) is 11.6. The highest BCUT2D eigenvalue weighted by Crippen LogP contribution is 2.55. The summed E-state index contributed by atoms with van der Waals surface area (Å²) in [6.45, 7) is 2.70. The number of hydrogen-bond acceptors (Lipinski definition) is 5. The van der Waals surface area contributed by atoms with Gasteiger partial charge in [-0.1, -0.05) is 85.8 Å². The average Bonchev–Trinajstić information content (AvgIpc) is 3.13. The van der Waals surface area contributed by atoms with Crippen LogP contribution in [0.4, 0.5) is 4.79 Å². The number of aliphatic hydroxyl groups is 1. The van der Waals surface area contributed by atoms with Crippen LogP contribution in [0, 0.1) is 23.7 Å². The Hall–Kier alpha value is -3.62. The van der Waals surface area contributed by atoms with Crippen molar-refractivity contribution in [3.05, 3.63) is 125 Å². The van der Waals surface area contributed by atoms with Gasteiger partial charge in [-0.15, -0.1) is 11.8 Å². The lowest BCUT2D eigenvalue weighted by Crippen LogP contribution is -2.61. The summed E-state index contributed by atoms with van der Waals surface area (Å²) in [5.41, 5.74) is 6.17. The average molecular weight is 689 g/mol. The first-order valence-corrected chi connectivity index (χ1v) is 19.3.